The molecule has 0 spiro atoms. The molecule has 0 radical (unpaired) electrons. The minimum atomic E-state index is -0.610. The van der Waals surface area contributed by atoms with E-state index in [1.54, 1.807) is 36.5 Å². The van der Waals surface area contributed by atoms with Crippen LogP contribution < -0.4 is 20.1 Å². The Hall–Kier alpha value is -3.50. The maximum atomic E-state index is 15.3. The van der Waals surface area contributed by atoms with Crippen LogP contribution in [0.15, 0.2) is 71.9 Å². The average molecular weight is 715 g/mol. The first-order chi connectivity index (χ1) is 23.9. The molecule has 1 aliphatic carbocycles. The number of phenolic OH excluding ortho intramolecular Hbond substituents is 1. The molecule has 10 heteroatoms. The molecule has 1 atom stereocenters. The Morgan fingerprint density at radius 1 is 1.12 bits per heavy atom. The Labute approximate surface area is 306 Å². The van der Waals surface area contributed by atoms with Crippen LogP contribution in [0.5, 0.6) is 17.2 Å². The van der Waals surface area contributed by atoms with Crippen molar-refractivity contribution in [1.29, 1.82) is 0 Å². The lowest BCUT2D eigenvalue weighted by atomic mass is 9.85. The summed E-state index contributed by atoms with van der Waals surface area (Å²) >= 11 is 3.55. The smallest absolute Gasteiger partial charge is 0.319 e. The van der Waals surface area contributed by atoms with Crippen molar-refractivity contribution < 1.29 is 23.8 Å². The van der Waals surface area contributed by atoms with Gasteiger partial charge in [0.25, 0.3) is 0 Å². The van der Waals surface area contributed by atoms with E-state index in [0.717, 1.165) is 32.5 Å². The number of hydrogen-bond acceptors (Lipinski definition) is 7. The third-order valence-electron chi connectivity index (χ3n) is 7.49. The molecule has 280 valence electrons. The normalized spacial score (nSPS) is 15.2. The molecule has 1 fully saturated rings. The minimum Gasteiger partial charge on any atom is -0.504 e. The van der Waals surface area contributed by atoms with Crippen LogP contribution in [0.1, 0.15) is 101 Å². The quantitative estimate of drug-likeness (QED) is 0.173. The Morgan fingerprint density at radius 3 is 2.40 bits per heavy atom. The van der Waals surface area contributed by atoms with Crippen LogP contribution in [0.4, 0.5) is 9.18 Å². The topological polar surface area (TPSA) is 96.0 Å². The highest BCUT2D eigenvalue weighted by Gasteiger charge is 2.23. The number of piperidine rings is 1. The number of allylic oxidation sites excluding steroid dienone is 4. The van der Waals surface area contributed by atoms with Crippen molar-refractivity contribution in [3.05, 3.63) is 71.9 Å². The van der Waals surface area contributed by atoms with Crippen LogP contribution >= 0.6 is 12.6 Å². The van der Waals surface area contributed by atoms with Crippen LogP contribution in [-0.4, -0.2) is 53.3 Å². The number of carbonyl (C=O) groups excluding carboxylic acids is 1. The number of amides is 2. The average Bonchev–Trinajstić information content (AvgIpc) is 3.23. The number of rotatable bonds is 11. The fourth-order valence-corrected chi connectivity index (χ4v) is 5.62. The fraction of sp³-hybridized carbons (Fsp3) is 0.550. The summed E-state index contributed by atoms with van der Waals surface area (Å²) in [6, 6.07) is 4.47. The summed E-state index contributed by atoms with van der Waals surface area (Å²) in [5.74, 6) is 0.862. The van der Waals surface area contributed by atoms with Crippen LogP contribution in [0, 0.1) is 11.3 Å². The molecular formula is C40H63FN4O4S. The zero-order valence-electron chi connectivity index (χ0n) is 31.9. The first kappa shape index (κ1) is 44.5. The number of ether oxygens (including phenoxy) is 2. The maximum absolute atomic E-state index is 15.3. The van der Waals surface area contributed by atoms with Gasteiger partial charge in [0.15, 0.2) is 11.5 Å². The van der Waals surface area contributed by atoms with E-state index in [2.05, 4.69) is 74.3 Å². The number of aromatic hydroxyl groups is 1. The number of nitrogens with one attached hydrogen (secondary N) is 2. The summed E-state index contributed by atoms with van der Waals surface area (Å²) in [5, 5.41) is 18.4. The number of phenols is 1. The predicted octanol–water partition coefficient (Wildman–Crippen LogP) is 10.5. The number of benzene rings is 1. The van der Waals surface area contributed by atoms with Crippen LogP contribution in [-0.2, 0) is 0 Å². The number of hydrogen-bond donors (Lipinski definition) is 4. The number of nitrogens with zero attached hydrogens (tertiary/aromatic N) is 2. The first-order valence-electron chi connectivity index (χ1n) is 18.1. The van der Waals surface area contributed by atoms with E-state index in [1.165, 1.54) is 30.7 Å². The van der Waals surface area contributed by atoms with E-state index < -0.39 is 11.9 Å². The van der Waals surface area contributed by atoms with Gasteiger partial charge in [-0.1, -0.05) is 81.4 Å². The summed E-state index contributed by atoms with van der Waals surface area (Å²) in [4.78, 5) is 19.6. The molecule has 8 nitrogen and oxygen atoms in total. The summed E-state index contributed by atoms with van der Waals surface area (Å²) in [5.41, 5.74) is 0.728. The third kappa shape index (κ3) is 16.5. The molecule has 1 aromatic carbocycles. The van der Waals surface area contributed by atoms with Gasteiger partial charge in [-0.3, -0.25) is 9.88 Å². The number of aromatic nitrogens is 1. The van der Waals surface area contributed by atoms with Gasteiger partial charge in [-0.25, -0.2) is 9.18 Å². The molecule has 1 saturated heterocycles. The molecule has 4 rings (SSSR count). The molecule has 1 aromatic heterocycles. The number of urea groups is 1. The van der Waals surface area contributed by atoms with E-state index >= 15 is 4.39 Å². The number of halogens is 1. The monoisotopic (exact) mass is 714 g/mol. The highest BCUT2D eigenvalue weighted by molar-refractivity contribution is 7.83. The van der Waals surface area contributed by atoms with Gasteiger partial charge in [0.05, 0.1) is 11.2 Å². The first-order valence-corrected chi connectivity index (χ1v) is 18.7. The van der Waals surface area contributed by atoms with Gasteiger partial charge in [0.2, 0.25) is 0 Å². The second kappa shape index (κ2) is 23.8. The molecule has 3 N–H and O–H groups in total. The van der Waals surface area contributed by atoms with E-state index in [9.17, 15) is 9.90 Å². The lowest BCUT2D eigenvalue weighted by molar-refractivity contribution is 0.181. The largest absolute Gasteiger partial charge is 0.504 e. The van der Waals surface area contributed by atoms with Crippen molar-refractivity contribution in [2.24, 2.45) is 11.3 Å². The lowest BCUT2D eigenvalue weighted by Gasteiger charge is -2.28. The highest BCUT2D eigenvalue weighted by atomic mass is 32.1. The van der Waals surface area contributed by atoms with Crippen molar-refractivity contribution in [1.82, 2.24) is 20.5 Å². The van der Waals surface area contributed by atoms with Crippen molar-refractivity contribution in [3.8, 4) is 17.2 Å². The van der Waals surface area contributed by atoms with Gasteiger partial charge in [-0.15, -0.1) is 0 Å². The van der Waals surface area contributed by atoms with Crippen LogP contribution in [0.2, 0.25) is 0 Å². The number of fused-ring (bicyclic) bond motifs is 1. The molecule has 0 saturated carbocycles. The molecule has 1 aliphatic heterocycles. The maximum Gasteiger partial charge on any atom is 0.319 e. The molecular weight excluding hydrogens is 652 g/mol. The summed E-state index contributed by atoms with van der Waals surface area (Å²) in [7, 11) is 0. The lowest BCUT2D eigenvalue weighted by Crippen LogP contribution is -2.44. The van der Waals surface area contributed by atoms with Crippen LogP contribution in [0.25, 0.3) is 10.9 Å². The van der Waals surface area contributed by atoms with E-state index in [0.29, 0.717) is 41.3 Å². The fourth-order valence-electron chi connectivity index (χ4n) is 5.62. The summed E-state index contributed by atoms with van der Waals surface area (Å²) < 4.78 is 27.2. The standard InChI is InChI=1S/C34H47FN4O4.C2H4S.2C2H6/c1-23(2)18-24(22-34(3,4)5)37-33(41)38-28-11-9-10-25(19-27(28)35)43-31-12-13-36-29-21-32(30(40)20-26(29)31)42-17-16-39-14-7-6-8-15-39;1-2-3;2*1-2/h10-13,19-21,23-24,40H,6-9,14-18,22H2,1-5H3,(H2,37,38,41);2-3H,1H2;2*1-2H3. The minimum absolute atomic E-state index is 0.0121. The molecule has 2 aliphatic rings. The third-order valence-corrected chi connectivity index (χ3v) is 7.49. The van der Waals surface area contributed by atoms with E-state index in [4.69, 9.17) is 9.47 Å². The molecule has 0 bridgehead atoms. The summed E-state index contributed by atoms with van der Waals surface area (Å²) in [6.07, 6.45) is 11.9. The molecule has 2 amide bonds. The second-order valence-corrected chi connectivity index (χ2v) is 13.7. The number of likely N-dealkylation sites (tertiary alicyclic amines) is 1. The molecule has 2 heterocycles. The zero-order valence-corrected chi connectivity index (χ0v) is 32.8. The van der Waals surface area contributed by atoms with E-state index in [1.807, 2.05) is 27.7 Å². The Bertz CT molecular complexity index is 1410. The number of pyridine rings is 1. The van der Waals surface area contributed by atoms with Gasteiger partial charge in [-0.05, 0) is 80.1 Å². The van der Waals surface area contributed by atoms with E-state index in [-0.39, 0.29) is 28.7 Å². The van der Waals surface area contributed by atoms with Gasteiger partial charge in [0.1, 0.15) is 23.9 Å². The van der Waals surface area contributed by atoms with Crippen molar-refractivity contribution in [3.63, 3.8) is 0 Å². The number of carbonyl (C=O) groups is 1. The second-order valence-electron chi connectivity index (χ2n) is 13.3. The predicted molar refractivity (Wildman–Crippen MR) is 211 cm³/mol. The molecule has 50 heavy (non-hydrogen) atoms. The van der Waals surface area contributed by atoms with Gasteiger partial charge in [-0.2, -0.15) is 12.6 Å². The van der Waals surface area contributed by atoms with Gasteiger partial charge < -0.3 is 25.2 Å². The molecule has 1 unspecified atom stereocenters. The van der Waals surface area contributed by atoms with Crippen LogP contribution in [0.3, 0.4) is 0 Å². The highest BCUT2D eigenvalue weighted by Crippen LogP contribution is 2.36. The van der Waals surface area contributed by atoms with Gasteiger partial charge >= 0.3 is 6.03 Å². The Balaban J connectivity index is 0.00000166. The zero-order chi connectivity index (χ0) is 37.7. The SMILES string of the molecule is C=CS.CC.CC.CC(C)CC(CC(C)(C)C)NC(=O)NC1=CCC=C(Oc2ccnc3cc(OCCN4CCCCC4)c(O)cc23)C=C1F. The Morgan fingerprint density at radius 2 is 1.78 bits per heavy atom. The van der Waals surface area contributed by atoms with Crippen molar-refractivity contribution in [2.45, 2.75) is 107 Å². The Kier molecular flexibility index (Phi) is 21.2. The molecule has 2 aromatic rings. The summed E-state index contributed by atoms with van der Waals surface area (Å²) in [6.45, 7) is 25.3. The van der Waals surface area contributed by atoms with Crippen molar-refractivity contribution in [2.75, 3.05) is 26.2 Å². The van der Waals surface area contributed by atoms with Crippen molar-refractivity contribution >= 4 is 29.6 Å². The number of thiol groups is 1. The van der Waals surface area contributed by atoms with Gasteiger partial charge in [0, 0.05) is 36.3 Å².